The van der Waals surface area contributed by atoms with Crippen molar-refractivity contribution in [2.45, 2.75) is 18.9 Å². The molecule has 1 aliphatic heterocycles. The van der Waals surface area contributed by atoms with Gasteiger partial charge in [0.25, 0.3) is 0 Å². The van der Waals surface area contributed by atoms with Crippen LogP contribution in [-0.2, 0) is 12.8 Å². The highest BCUT2D eigenvalue weighted by Gasteiger charge is 2.20. The average Bonchev–Trinajstić information content (AvgIpc) is 2.86. The summed E-state index contributed by atoms with van der Waals surface area (Å²) in [6.07, 6.45) is 0.717. The summed E-state index contributed by atoms with van der Waals surface area (Å²) in [6.45, 7) is 0.678. The van der Waals surface area contributed by atoms with Gasteiger partial charge in [-0.25, -0.2) is 0 Å². The second-order valence-electron chi connectivity index (χ2n) is 5.04. The molecule has 4 heteroatoms. The van der Waals surface area contributed by atoms with E-state index in [0.29, 0.717) is 23.7 Å². The second kappa shape index (κ2) is 5.35. The summed E-state index contributed by atoms with van der Waals surface area (Å²) >= 11 is 6.13. The van der Waals surface area contributed by atoms with Crippen molar-refractivity contribution < 1.29 is 9.84 Å². The molecule has 0 saturated carbocycles. The van der Waals surface area contributed by atoms with Gasteiger partial charge < -0.3 is 15.6 Å². The molecule has 0 saturated heterocycles. The van der Waals surface area contributed by atoms with Gasteiger partial charge >= 0.3 is 0 Å². The van der Waals surface area contributed by atoms with Crippen molar-refractivity contribution in [3.8, 4) is 5.75 Å². The number of nitrogen functional groups attached to an aromatic ring is 1. The summed E-state index contributed by atoms with van der Waals surface area (Å²) in [5, 5.41) is 11.1. The lowest BCUT2D eigenvalue weighted by molar-refractivity contribution is 0.177. The number of fused-ring (bicyclic) bond motifs is 1. The maximum Gasteiger partial charge on any atom is 0.126 e. The maximum atomic E-state index is 10.4. The van der Waals surface area contributed by atoms with Gasteiger partial charge in [-0.2, -0.15) is 0 Å². The number of hydrogen-bond acceptors (Lipinski definition) is 3. The predicted octanol–water partition coefficient (Wildman–Crippen LogP) is 3.13. The predicted molar refractivity (Wildman–Crippen MR) is 80.2 cm³/mol. The average molecular weight is 290 g/mol. The molecule has 0 radical (unpaired) electrons. The zero-order valence-corrected chi connectivity index (χ0v) is 11.7. The first kappa shape index (κ1) is 13.3. The summed E-state index contributed by atoms with van der Waals surface area (Å²) in [4.78, 5) is 0. The minimum Gasteiger partial charge on any atom is -0.493 e. The van der Waals surface area contributed by atoms with Crippen LogP contribution in [0.15, 0.2) is 36.4 Å². The molecule has 0 amide bonds. The Bertz CT molecular complexity index is 642. The van der Waals surface area contributed by atoms with Gasteiger partial charge in [-0.3, -0.25) is 0 Å². The molecule has 1 aliphatic rings. The zero-order chi connectivity index (χ0) is 14.1. The van der Waals surface area contributed by atoms with Gasteiger partial charge in [-0.15, -0.1) is 0 Å². The Morgan fingerprint density at radius 2 is 2.15 bits per heavy atom. The van der Waals surface area contributed by atoms with E-state index in [1.807, 2.05) is 24.3 Å². The minimum atomic E-state index is -0.620. The number of benzene rings is 2. The smallest absolute Gasteiger partial charge is 0.126 e. The number of nitrogens with two attached hydrogens (primary N) is 1. The van der Waals surface area contributed by atoms with Gasteiger partial charge in [0.05, 0.1) is 12.7 Å². The fraction of sp³-hybridized carbons (Fsp3) is 0.250. The molecule has 2 aromatic carbocycles. The van der Waals surface area contributed by atoms with Crippen molar-refractivity contribution in [3.63, 3.8) is 0 Å². The van der Waals surface area contributed by atoms with Crippen LogP contribution in [0.3, 0.4) is 0 Å². The second-order valence-corrected chi connectivity index (χ2v) is 5.48. The molecule has 0 spiro atoms. The SMILES string of the molecule is Nc1cccc(C(O)Cc2cc(Cl)cc3c2OCC3)c1. The van der Waals surface area contributed by atoms with Crippen LogP contribution in [0.4, 0.5) is 5.69 Å². The van der Waals surface area contributed by atoms with Crippen molar-refractivity contribution in [1.29, 1.82) is 0 Å². The van der Waals surface area contributed by atoms with Crippen LogP contribution < -0.4 is 10.5 Å². The van der Waals surface area contributed by atoms with Gasteiger partial charge in [-0.05, 0) is 41.0 Å². The molecule has 0 aromatic heterocycles. The number of ether oxygens (including phenoxy) is 1. The first-order valence-electron chi connectivity index (χ1n) is 6.61. The van der Waals surface area contributed by atoms with Gasteiger partial charge in [0, 0.05) is 23.6 Å². The Labute approximate surface area is 122 Å². The number of hydrogen-bond donors (Lipinski definition) is 2. The van der Waals surface area contributed by atoms with Gasteiger partial charge in [-0.1, -0.05) is 23.7 Å². The zero-order valence-electron chi connectivity index (χ0n) is 11.0. The van der Waals surface area contributed by atoms with Crippen molar-refractivity contribution in [3.05, 3.63) is 58.1 Å². The molecule has 1 unspecified atom stereocenters. The number of anilines is 1. The van der Waals surface area contributed by atoms with E-state index in [-0.39, 0.29) is 0 Å². The largest absolute Gasteiger partial charge is 0.493 e. The van der Waals surface area contributed by atoms with Crippen LogP contribution >= 0.6 is 11.6 Å². The molecular weight excluding hydrogens is 274 g/mol. The van der Waals surface area contributed by atoms with Crippen LogP contribution in [0.5, 0.6) is 5.75 Å². The van der Waals surface area contributed by atoms with Crippen molar-refractivity contribution >= 4 is 17.3 Å². The van der Waals surface area contributed by atoms with E-state index >= 15 is 0 Å². The Kier molecular flexibility index (Phi) is 3.55. The monoisotopic (exact) mass is 289 g/mol. The molecule has 2 aromatic rings. The fourth-order valence-electron chi connectivity index (χ4n) is 2.59. The Hall–Kier alpha value is -1.71. The molecule has 3 rings (SSSR count). The third-order valence-corrected chi connectivity index (χ3v) is 3.75. The van der Waals surface area contributed by atoms with E-state index in [0.717, 1.165) is 28.9 Å². The van der Waals surface area contributed by atoms with Crippen LogP contribution in [0, 0.1) is 0 Å². The first-order valence-corrected chi connectivity index (χ1v) is 6.99. The lowest BCUT2D eigenvalue weighted by Gasteiger charge is -2.14. The molecule has 3 N–H and O–H groups in total. The molecule has 1 atom stereocenters. The molecule has 0 aliphatic carbocycles. The minimum absolute atomic E-state index is 0.465. The van der Waals surface area contributed by atoms with Crippen LogP contribution in [-0.4, -0.2) is 11.7 Å². The van der Waals surface area contributed by atoms with Gasteiger partial charge in [0.1, 0.15) is 5.75 Å². The standard InChI is InChI=1S/C16H16ClNO2/c17-13-6-11-4-5-20-16(11)12(7-13)9-15(19)10-2-1-3-14(18)8-10/h1-3,6-8,15,19H,4-5,9,18H2. The van der Waals surface area contributed by atoms with Gasteiger partial charge in [0.2, 0.25) is 0 Å². The van der Waals surface area contributed by atoms with Crippen LogP contribution in [0.25, 0.3) is 0 Å². The Morgan fingerprint density at radius 3 is 2.95 bits per heavy atom. The van der Waals surface area contributed by atoms with E-state index in [9.17, 15) is 5.11 Å². The summed E-state index contributed by atoms with van der Waals surface area (Å²) < 4.78 is 5.65. The molecule has 0 bridgehead atoms. The third-order valence-electron chi connectivity index (χ3n) is 3.53. The first-order chi connectivity index (χ1) is 9.63. The topological polar surface area (TPSA) is 55.5 Å². The lowest BCUT2D eigenvalue weighted by Crippen LogP contribution is -2.04. The van der Waals surface area contributed by atoms with Gasteiger partial charge in [0.15, 0.2) is 0 Å². The highest BCUT2D eigenvalue weighted by atomic mass is 35.5. The van der Waals surface area contributed by atoms with E-state index in [1.165, 1.54) is 0 Å². The number of aliphatic hydroxyl groups excluding tert-OH is 1. The molecular formula is C16H16ClNO2. The van der Waals surface area contributed by atoms with Crippen molar-refractivity contribution in [2.75, 3.05) is 12.3 Å². The quantitative estimate of drug-likeness (QED) is 0.854. The summed E-state index contributed by atoms with van der Waals surface area (Å²) in [5.41, 5.74) is 9.26. The van der Waals surface area contributed by atoms with Crippen molar-refractivity contribution in [1.82, 2.24) is 0 Å². The van der Waals surface area contributed by atoms with E-state index in [4.69, 9.17) is 22.1 Å². The maximum absolute atomic E-state index is 10.4. The molecule has 20 heavy (non-hydrogen) atoms. The van der Waals surface area contributed by atoms with Crippen LogP contribution in [0.1, 0.15) is 22.8 Å². The number of aliphatic hydroxyl groups is 1. The summed E-state index contributed by atoms with van der Waals surface area (Å²) in [7, 11) is 0. The van der Waals surface area contributed by atoms with E-state index in [2.05, 4.69) is 0 Å². The summed E-state index contributed by atoms with van der Waals surface area (Å²) in [6, 6.07) is 11.1. The molecule has 0 fully saturated rings. The van der Waals surface area contributed by atoms with Crippen LogP contribution in [0.2, 0.25) is 5.02 Å². The molecule has 3 nitrogen and oxygen atoms in total. The summed E-state index contributed by atoms with van der Waals surface area (Å²) in [5.74, 6) is 0.873. The lowest BCUT2D eigenvalue weighted by atomic mass is 9.98. The highest BCUT2D eigenvalue weighted by Crippen LogP contribution is 2.35. The Balaban J connectivity index is 1.88. The molecule has 1 heterocycles. The molecule has 104 valence electrons. The van der Waals surface area contributed by atoms with E-state index < -0.39 is 6.10 Å². The number of rotatable bonds is 3. The highest BCUT2D eigenvalue weighted by molar-refractivity contribution is 6.30. The normalized spacial score (nSPS) is 14.7. The van der Waals surface area contributed by atoms with E-state index in [1.54, 1.807) is 12.1 Å². The third kappa shape index (κ3) is 2.60. The van der Waals surface area contributed by atoms with Crippen molar-refractivity contribution in [2.24, 2.45) is 0 Å². The Morgan fingerprint density at radius 1 is 1.30 bits per heavy atom. The number of halogens is 1. The fourth-order valence-corrected chi connectivity index (χ4v) is 2.85.